The summed E-state index contributed by atoms with van der Waals surface area (Å²) in [6.07, 6.45) is 6.03. The third-order valence-corrected chi connectivity index (χ3v) is 5.12. The van der Waals surface area contributed by atoms with Crippen LogP contribution in [-0.4, -0.2) is 47.8 Å². The lowest BCUT2D eigenvalue weighted by atomic mass is 9.94. The summed E-state index contributed by atoms with van der Waals surface area (Å²) < 4.78 is 13.3. The van der Waals surface area contributed by atoms with E-state index in [1.165, 1.54) is 25.0 Å². The number of carbonyl (C=O) groups excluding carboxylic acids is 2. The third-order valence-electron chi connectivity index (χ3n) is 5.12. The summed E-state index contributed by atoms with van der Waals surface area (Å²) in [5.41, 5.74) is 0.382. The summed E-state index contributed by atoms with van der Waals surface area (Å²) in [4.78, 5) is 28.9. The van der Waals surface area contributed by atoms with Crippen molar-refractivity contribution in [3.8, 4) is 0 Å². The van der Waals surface area contributed by atoms with E-state index in [9.17, 15) is 14.0 Å². The van der Waals surface area contributed by atoms with Crippen molar-refractivity contribution < 1.29 is 14.0 Å². The first-order valence-corrected chi connectivity index (χ1v) is 8.99. The molecule has 0 radical (unpaired) electrons. The van der Waals surface area contributed by atoms with Crippen molar-refractivity contribution >= 4 is 11.8 Å². The molecule has 2 saturated heterocycles. The first-order chi connectivity index (χ1) is 11.6. The van der Waals surface area contributed by atoms with E-state index in [-0.39, 0.29) is 17.7 Å². The Kier molecular flexibility index (Phi) is 5.48. The Balaban J connectivity index is 1.55. The molecule has 0 unspecified atom stereocenters. The summed E-state index contributed by atoms with van der Waals surface area (Å²) in [6, 6.07) is 5.80. The molecular formula is C19H25FN2O2. The lowest BCUT2D eigenvalue weighted by molar-refractivity contribution is -0.136. The second-order valence-corrected chi connectivity index (χ2v) is 6.82. The Morgan fingerprint density at radius 3 is 2.21 bits per heavy atom. The van der Waals surface area contributed by atoms with Crippen LogP contribution in [-0.2, 0) is 4.79 Å². The van der Waals surface area contributed by atoms with Gasteiger partial charge < -0.3 is 9.80 Å². The van der Waals surface area contributed by atoms with Gasteiger partial charge in [0.05, 0.1) is 0 Å². The molecule has 0 aromatic heterocycles. The van der Waals surface area contributed by atoms with Crippen LogP contribution in [0.15, 0.2) is 24.3 Å². The van der Waals surface area contributed by atoms with Gasteiger partial charge in [-0.25, -0.2) is 4.39 Å². The lowest BCUT2D eigenvalue weighted by Crippen LogP contribution is -2.44. The van der Waals surface area contributed by atoms with E-state index >= 15 is 0 Å². The van der Waals surface area contributed by atoms with Gasteiger partial charge in [-0.2, -0.15) is 0 Å². The van der Waals surface area contributed by atoms with Gasteiger partial charge in [-0.15, -0.1) is 0 Å². The molecule has 2 fully saturated rings. The van der Waals surface area contributed by atoms with Crippen LogP contribution >= 0.6 is 0 Å². The van der Waals surface area contributed by atoms with Crippen LogP contribution < -0.4 is 0 Å². The highest BCUT2D eigenvalue weighted by molar-refractivity contribution is 5.94. The first kappa shape index (κ1) is 16.9. The summed E-state index contributed by atoms with van der Waals surface area (Å²) in [6.45, 7) is 2.89. The summed E-state index contributed by atoms with van der Waals surface area (Å²) >= 11 is 0. The SMILES string of the molecule is O=C(c1cccc(F)c1)N1CCC(C(=O)N2CCCCCC2)CC1. The van der Waals surface area contributed by atoms with Crippen molar-refractivity contribution in [2.75, 3.05) is 26.2 Å². The standard InChI is InChI=1S/C19H25FN2O2/c20-17-7-5-6-16(14-17)19(24)22-12-8-15(9-13-22)18(23)21-10-3-1-2-4-11-21/h5-7,14-15H,1-4,8-13H2. The van der Waals surface area contributed by atoms with Crippen LogP contribution in [0.5, 0.6) is 0 Å². The van der Waals surface area contributed by atoms with E-state index in [1.54, 1.807) is 17.0 Å². The Morgan fingerprint density at radius 2 is 1.58 bits per heavy atom. The van der Waals surface area contributed by atoms with E-state index in [0.717, 1.165) is 25.9 Å². The van der Waals surface area contributed by atoms with Gasteiger partial charge in [0, 0.05) is 37.7 Å². The zero-order valence-corrected chi connectivity index (χ0v) is 14.0. The average Bonchev–Trinajstić information content (AvgIpc) is 2.90. The van der Waals surface area contributed by atoms with E-state index in [1.807, 2.05) is 4.90 Å². The van der Waals surface area contributed by atoms with Crippen LogP contribution in [0.4, 0.5) is 4.39 Å². The number of amides is 2. The van der Waals surface area contributed by atoms with Gasteiger partial charge in [-0.05, 0) is 43.9 Å². The third kappa shape index (κ3) is 3.94. The minimum atomic E-state index is -0.396. The van der Waals surface area contributed by atoms with Crippen LogP contribution in [0.2, 0.25) is 0 Å². The Bertz CT molecular complexity index is 589. The van der Waals surface area contributed by atoms with Gasteiger partial charge in [0.15, 0.2) is 0 Å². The highest BCUT2D eigenvalue weighted by atomic mass is 19.1. The Morgan fingerprint density at radius 1 is 0.917 bits per heavy atom. The second-order valence-electron chi connectivity index (χ2n) is 6.82. The van der Waals surface area contributed by atoms with Gasteiger partial charge >= 0.3 is 0 Å². The number of halogens is 1. The molecule has 130 valence electrons. The predicted molar refractivity (Wildman–Crippen MR) is 90.1 cm³/mol. The quantitative estimate of drug-likeness (QED) is 0.835. The molecule has 0 atom stereocenters. The molecule has 0 saturated carbocycles. The summed E-state index contributed by atoms with van der Waals surface area (Å²) in [7, 11) is 0. The Labute approximate surface area is 142 Å². The molecular weight excluding hydrogens is 307 g/mol. The molecule has 2 amide bonds. The Hall–Kier alpha value is -1.91. The molecule has 0 spiro atoms. The molecule has 24 heavy (non-hydrogen) atoms. The summed E-state index contributed by atoms with van der Waals surface area (Å²) in [5.74, 6) is -0.253. The fraction of sp³-hybridized carbons (Fsp3) is 0.579. The molecule has 0 aliphatic carbocycles. The highest BCUT2D eigenvalue weighted by Gasteiger charge is 2.30. The molecule has 2 aliphatic heterocycles. The number of hydrogen-bond acceptors (Lipinski definition) is 2. The van der Waals surface area contributed by atoms with Gasteiger partial charge in [-0.3, -0.25) is 9.59 Å². The number of rotatable bonds is 2. The van der Waals surface area contributed by atoms with Crippen molar-refractivity contribution in [1.29, 1.82) is 0 Å². The molecule has 5 heteroatoms. The maximum atomic E-state index is 13.3. The first-order valence-electron chi connectivity index (χ1n) is 8.99. The minimum Gasteiger partial charge on any atom is -0.342 e. The number of carbonyl (C=O) groups is 2. The van der Waals surface area contributed by atoms with Crippen LogP contribution in [0.1, 0.15) is 48.9 Å². The monoisotopic (exact) mass is 332 g/mol. The second kappa shape index (κ2) is 7.77. The van der Waals surface area contributed by atoms with E-state index in [2.05, 4.69) is 0 Å². The molecule has 0 N–H and O–H groups in total. The lowest BCUT2D eigenvalue weighted by Gasteiger charge is -2.34. The fourth-order valence-electron chi connectivity index (χ4n) is 3.68. The number of piperidine rings is 1. The minimum absolute atomic E-state index is 0.0275. The normalized spacial score (nSPS) is 19.9. The van der Waals surface area contributed by atoms with E-state index < -0.39 is 5.82 Å². The van der Waals surface area contributed by atoms with Crippen LogP contribution in [0.3, 0.4) is 0 Å². The van der Waals surface area contributed by atoms with Gasteiger partial charge in [0.1, 0.15) is 5.82 Å². The van der Waals surface area contributed by atoms with Crippen LogP contribution in [0.25, 0.3) is 0 Å². The zero-order chi connectivity index (χ0) is 16.9. The van der Waals surface area contributed by atoms with Crippen molar-refractivity contribution in [3.05, 3.63) is 35.6 Å². The zero-order valence-electron chi connectivity index (χ0n) is 14.0. The molecule has 0 bridgehead atoms. The molecule has 1 aromatic carbocycles. The number of likely N-dealkylation sites (tertiary alicyclic amines) is 2. The molecule has 2 aliphatic rings. The smallest absolute Gasteiger partial charge is 0.253 e. The fourth-order valence-corrected chi connectivity index (χ4v) is 3.68. The maximum absolute atomic E-state index is 13.3. The van der Waals surface area contributed by atoms with E-state index in [4.69, 9.17) is 0 Å². The van der Waals surface area contributed by atoms with Crippen molar-refractivity contribution in [2.24, 2.45) is 5.92 Å². The van der Waals surface area contributed by atoms with Crippen molar-refractivity contribution in [2.45, 2.75) is 38.5 Å². The van der Waals surface area contributed by atoms with Crippen molar-refractivity contribution in [3.63, 3.8) is 0 Å². The summed E-state index contributed by atoms with van der Waals surface area (Å²) in [5, 5.41) is 0. The van der Waals surface area contributed by atoms with Crippen molar-refractivity contribution in [1.82, 2.24) is 9.80 Å². The van der Waals surface area contributed by atoms with Gasteiger partial charge in [-0.1, -0.05) is 18.9 Å². The number of nitrogens with zero attached hydrogens (tertiary/aromatic N) is 2. The highest BCUT2D eigenvalue weighted by Crippen LogP contribution is 2.23. The number of hydrogen-bond donors (Lipinski definition) is 0. The largest absolute Gasteiger partial charge is 0.342 e. The predicted octanol–water partition coefficient (Wildman–Crippen LogP) is 3.08. The average molecular weight is 332 g/mol. The molecule has 3 rings (SSSR count). The topological polar surface area (TPSA) is 40.6 Å². The van der Waals surface area contributed by atoms with Gasteiger partial charge in [0.2, 0.25) is 5.91 Å². The molecule has 2 heterocycles. The molecule has 4 nitrogen and oxygen atoms in total. The van der Waals surface area contributed by atoms with E-state index in [0.29, 0.717) is 31.5 Å². The maximum Gasteiger partial charge on any atom is 0.253 e. The number of benzene rings is 1. The van der Waals surface area contributed by atoms with Crippen LogP contribution in [0, 0.1) is 11.7 Å². The molecule has 1 aromatic rings. The van der Waals surface area contributed by atoms with Gasteiger partial charge in [0.25, 0.3) is 5.91 Å².